The SMILES string of the molecule is O=C(CCCNC(=O)c1ccc(F)cc1)NCCCC(=O)N1CCc2ccccc2C1. The van der Waals surface area contributed by atoms with Gasteiger partial charge in [-0.2, -0.15) is 0 Å². The molecule has 2 aromatic rings. The molecule has 31 heavy (non-hydrogen) atoms. The first-order chi connectivity index (χ1) is 15.0. The fourth-order valence-corrected chi connectivity index (χ4v) is 3.58. The third-order valence-corrected chi connectivity index (χ3v) is 5.35. The summed E-state index contributed by atoms with van der Waals surface area (Å²) in [5.41, 5.74) is 2.90. The molecule has 0 saturated heterocycles. The van der Waals surface area contributed by atoms with Gasteiger partial charge in [0.15, 0.2) is 0 Å². The Labute approximate surface area is 181 Å². The molecule has 0 aromatic heterocycles. The predicted octanol–water partition coefficient (Wildman–Crippen LogP) is 2.82. The van der Waals surface area contributed by atoms with Crippen molar-refractivity contribution in [3.63, 3.8) is 0 Å². The zero-order valence-corrected chi connectivity index (χ0v) is 17.5. The van der Waals surface area contributed by atoms with E-state index in [-0.39, 0.29) is 17.7 Å². The Balaban J connectivity index is 1.25. The number of nitrogens with one attached hydrogen (secondary N) is 2. The molecule has 0 bridgehead atoms. The zero-order valence-electron chi connectivity index (χ0n) is 17.5. The van der Waals surface area contributed by atoms with E-state index >= 15 is 0 Å². The molecule has 1 heterocycles. The molecule has 1 aliphatic heterocycles. The van der Waals surface area contributed by atoms with Crippen LogP contribution in [0.15, 0.2) is 48.5 Å². The smallest absolute Gasteiger partial charge is 0.251 e. The van der Waals surface area contributed by atoms with E-state index in [4.69, 9.17) is 0 Å². The van der Waals surface area contributed by atoms with Gasteiger partial charge in [-0.3, -0.25) is 14.4 Å². The summed E-state index contributed by atoms with van der Waals surface area (Å²) in [6.45, 7) is 2.21. The molecule has 1 aliphatic rings. The lowest BCUT2D eigenvalue weighted by atomic mass is 9.99. The third-order valence-electron chi connectivity index (χ3n) is 5.35. The lowest BCUT2D eigenvalue weighted by Gasteiger charge is -2.29. The van der Waals surface area contributed by atoms with Gasteiger partial charge in [0, 0.05) is 44.6 Å². The van der Waals surface area contributed by atoms with Crippen molar-refractivity contribution in [2.45, 2.75) is 38.6 Å². The van der Waals surface area contributed by atoms with Crippen LogP contribution in [0, 0.1) is 5.82 Å². The van der Waals surface area contributed by atoms with Crippen LogP contribution in [-0.4, -0.2) is 42.3 Å². The molecule has 0 unspecified atom stereocenters. The molecule has 0 spiro atoms. The van der Waals surface area contributed by atoms with Crippen molar-refractivity contribution in [3.05, 3.63) is 71.0 Å². The fraction of sp³-hybridized carbons (Fsp3) is 0.375. The average molecular weight is 426 g/mol. The van der Waals surface area contributed by atoms with Crippen molar-refractivity contribution in [1.82, 2.24) is 15.5 Å². The lowest BCUT2D eigenvalue weighted by molar-refractivity contribution is -0.132. The van der Waals surface area contributed by atoms with E-state index in [1.807, 2.05) is 17.0 Å². The Hall–Kier alpha value is -3.22. The van der Waals surface area contributed by atoms with Gasteiger partial charge in [0.1, 0.15) is 5.82 Å². The van der Waals surface area contributed by atoms with Crippen molar-refractivity contribution in [3.8, 4) is 0 Å². The van der Waals surface area contributed by atoms with E-state index in [0.717, 1.165) is 13.0 Å². The number of amides is 3. The highest BCUT2D eigenvalue weighted by atomic mass is 19.1. The zero-order chi connectivity index (χ0) is 22.1. The van der Waals surface area contributed by atoms with E-state index in [1.54, 1.807) is 0 Å². The van der Waals surface area contributed by atoms with Crippen LogP contribution in [-0.2, 0) is 22.6 Å². The summed E-state index contributed by atoms with van der Waals surface area (Å²) in [5, 5.41) is 5.53. The largest absolute Gasteiger partial charge is 0.356 e. The maximum Gasteiger partial charge on any atom is 0.251 e. The number of benzene rings is 2. The molecule has 0 fully saturated rings. The second-order valence-electron chi connectivity index (χ2n) is 7.65. The summed E-state index contributed by atoms with van der Waals surface area (Å²) >= 11 is 0. The normalized spacial score (nSPS) is 12.7. The molecule has 2 aromatic carbocycles. The summed E-state index contributed by atoms with van der Waals surface area (Å²) in [7, 11) is 0. The van der Waals surface area contributed by atoms with Crippen LogP contribution < -0.4 is 10.6 Å². The van der Waals surface area contributed by atoms with Crippen LogP contribution in [0.25, 0.3) is 0 Å². The van der Waals surface area contributed by atoms with Crippen molar-refractivity contribution < 1.29 is 18.8 Å². The second kappa shape index (κ2) is 11.2. The van der Waals surface area contributed by atoms with E-state index in [2.05, 4.69) is 22.8 Å². The average Bonchev–Trinajstić information content (AvgIpc) is 2.79. The number of hydrogen-bond donors (Lipinski definition) is 2. The highest BCUT2D eigenvalue weighted by molar-refractivity contribution is 5.94. The fourth-order valence-electron chi connectivity index (χ4n) is 3.58. The molecule has 2 N–H and O–H groups in total. The maximum atomic E-state index is 12.9. The van der Waals surface area contributed by atoms with Crippen LogP contribution in [0.1, 0.15) is 47.2 Å². The monoisotopic (exact) mass is 425 g/mol. The number of carbonyl (C=O) groups is 3. The molecule has 7 heteroatoms. The number of halogens is 1. The third kappa shape index (κ3) is 6.91. The Bertz CT molecular complexity index is 915. The minimum absolute atomic E-state index is 0.101. The van der Waals surface area contributed by atoms with Gasteiger partial charge in [-0.1, -0.05) is 24.3 Å². The maximum absolute atomic E-state index is 12.9. The van der Waals surface area contributed by atoms with Crippen LogP contribution in [0.4, 0.5) is 4.39 Å². The van der Waals surface area contributed by atoms with Crippen molar-refractivity contribution >= 4 is 17.7 Å². The van der Waals surface area contributed by atoms with Crippen LogP contribution in [0.5, 0.6) is 0 Å². The van der Waals surface area contributed by atoms with Crippen LogP contribution >= 0.6 is 0 Å². The van der Waals surface area contributed by atoms with Gasteiger partial charge in [0.2, 0.25) is 11.8 Å². The highest BCUT2D eigenvalue weighted by Crippen LogP contribution is 2.19. The van der Waals surface area contributed by atoms with Crippen molar-refractivity contribution in [2.24, 2.45) is 0 Å². The van der Waals surface area contributed by atoms with Crippen molar-refractivity contribution in [2.75, 3.05) is 19.6 Å². The first-order valence-corrected chi connectivity index (χ1v) is 10.7. The van der Waals surface area contributed by atoms with E-state index < -0.39 is 5.82 Å². The highest BCUT2D eigenvalue weighted by Gasteiger charge is 2.19. The number of nitrogens with zero attached hydrogens (tertiary/aromatic N) is 1. The molecule has 0 aliphatic carbocycles. The lowest BCUT2D eigenvalue weighted by Crippen LogP contribution is -2.36. The molecule has 0 saturated carbocycles. The van der Waals surface area contributed by atoms with Gasteiger partial charge < -0.3 is 15.5 Å². The summed E-state index contributed by atoms with van der Waals surface area (Å²) in [4.78, 5) is 38.1. The first kappa shape index (κ1) is 22.5. The van der Waals surface area contributed by atoms with Crippen LogP contribution in [0.2, 0.25) is 0 Å². The van der Waals surface area contributed by atoms with E-state index in [0.29, 0.717) is 50.9 Å². The van der Waals surface area contributed by atoms with Gasteiger partial charge >= 0.3 is 0 Å². The molecule has 164 valence electrons. The summed E-state index contributed by atoms with van der Waals surface area (Å²) in [6.07, 6.45) is 2.70. The number of hydrogen-bond acceptors (Lipinski definition) is 3. The molecule has 0 atom stereocenters. The topological polar surface area (TPSA) is 78.5 Å². The Morgan fingerprint density at radius 2 is 1.55 bits per heavy atom. The molecule has 0 radical (unpaired) electrons. The minimum atomic E-state index is -0.392. The number of carbonyl (C=O) groups excluding carboxylic acids is 3. The van der Waals surface area contributed by atoms with E-state index in [1.165, 1.54) is 35.4 Å². The summed E-state index contributed by atoms with van der Waals surface area (Å²) < 4.78 is 12.9. The summed E-state index contributed by atoms with van der Waals surface area (Å²) in [6, 6.07) is 13.5. The molecule has 3 rings (SSSR count). The Morgan fingerprint density at radius 3 is 2.32 bits per heavy atom. The van der Waals surface area contributed by atoms with E-state index in [9.17, 15) is 18.8 Å². The summed E-state index contributed by atoms with van der Waals surface area (Å²) in [5.74, 6) is -0.668. The number of fused-ring (bicyclic) bond motifs is 1. The Morgan fingerprint density at radius 1 is 0.871 bits per heavy atom. The second-order valence-corrected chi connectivity index (χ2v) is 7.65. The standard InChI is InChI=1S/C24H28FN3O3/c25-21-11-9-19(10-12-21)24(31)27-15-3-7-22(29)26-14-4-8-23(30)28-16-13-18-5-1-2-6-20(18)17-28/h1-2,5-6,9-12H,3-4,7-8,13-17H2,(H,26,29)(H,27,31). The van der Waals surface area contributed by atoms with Gasteiger partial charge in [-0.25, -0.2) is 4.39 Å². The molecular weight excluding hydrogens is 397 g/mol. The quantitative estimate of drug-likeness (QED) is 0.607. The van der Waals surface area contributed by atoms with Gasteiger partial charge in [0.05, 0.1) is 0 Å². The van der Waals surface area contributed by atoms with Crippen molar-refractivity contribution in [1.29, 1.82) is 0 Å². The van der Waals surface area contributed by atoms with Gasteiger partial charge in [-0.15, -0.1) is 0 Å². The van der Waals surface area contributed by atoms with Crippen LogP contribution in [0.3, 0.4) is 0 Å². The number of rotatable bonds is 9. The first-order valence-electron chi connectivity index (χ1n) is 10.7. The molecule has 3 amide bonds. The van der Waals surface area contributed by atoms with Gasteiger partial charge in [-0.05, 0) is 54.7 Å². The van der Waals surface area contributed by atoms with Gasteiger partial charge in [0.25, 0.3) is 5.91 Å². The predicted molar refractivity (Wildman–Crippen MR) is 116 cm³/mol. The molecular formula is C24H28FN3O3. The Kier molecular flexibility index (Phi) is 8.15. The molecule has 6 nitrogen and oxygen atoms in total. The minimum Gasteiger partial charge on any atom is -0.356 e.